The number of carbonyl (C=O) groups excluding carboxylic acids is 3. The predicted octanol–water partition coefficient (Wildman–Crippen LogP) is 7.99. The molecular weight excluding hydrogens is 1060 g/mol. The smallest absolute Gasteiger partial charge is 0.406 e. The van der Waals surface area contributed by atoms with E-state index in [-0.39, 0.29) is 54.6 Å². The van der Waals surface area contributed by atoms with Crippen molar-refractivity contribution >= 4 is 46.2 Å². The molecule has 2 amide bonds. The van der Waals surface area contributed by atoms with Gasteiger partial charge in [0.25, 0.3) is 12.4 Å². The van der Waals surface area contributed by atoms with Crippen molar-refractivity contribution in [3.63, 3.8) is 0 Å². The van der Waals surface area contributed by atoms with Crippen LogP contribution in [0.4, 0.5) is 17.6 Å². The second kappa shape index (κ2) is 23.3. The number of amides is 2. The predicted molar refractivity (Wildman–Crippen MR) is 300 cm³/mol. The third-order valence-electron chi connectivity index (χ3n) is 17.5. The number of thiazole rings is 1. The summed E-state index contributed by atoms with van der Waals surface area (Å²) in [4.78, 5) is 56.5. The second-order valence-corrected chi connectivity index (χ2v) is 24.6. The number of pyridine rings is 1. The van der Waals surface area contributed by atoms with Crippen molar-refractivity contribution in [2.75, 3.05) is 72.7 Å². The van der Waals surface area contributed by atoms with E-state index >= 15 is 18.0 Å². The van der Waals surface area contributed by atoms with Gasteiger partial charge in [-0.3, -0.25) is 34.2 Å². The first-order valence-corrected chi connectivity index (χ1v) is 29.3. The number of aromatic nitrogens is 3. The third kappa shape index (κ3) is 12.2. The van der Waals surface area contributed by atoms with E-state index in [4.69, 9.17) is 24.2 Å². The average Bonchev–Trinajstić information content (AvgIpc) is 3.66. The first-order chi connectivity index (χ1) is 38.9. The molecule has 2 N–H and O–H groups in total. The highest BCUT2D eigenvalue weighted by atomic mass is 32.1. The van der Waals surface area contributed by atoms with Crippen LogP contribution in [0.5, 0.6) is 0 Å². The number of hydrogen-bond donors (Lipinski definition) is 2. The maximum absolute atomic E-state index is 15.2. The molecule has 4 aliphatic heterocycles. The Hall–Kier alpha value is -6.08. The summed E-state index contributed by atoms with van der Waals surface area (Å²) in [6.07, 6.45) is 0.814. The molecule has 1 unspecified atom stereocenters. The minimum Gasteiger partial charge on any atom is -0.467 e. The highest BCUT2D eigenvalue weighted by Gasteiger charge is 2.55. The van der Waals surface area contributed by atoms with E-state index in [1.165, 1.54) is 48.0 Å². The lowest BCUT2D eigenvalue weighted by molar-refractivity contribution is -0.550. The third-order valence-corrected chi connectivity index (χ3v) is 18.3. The molecule has 81 heavy (non-hydrogen) atoms. The molecule has 6 atom stereocenters. The van der Waals surface area contributed by atoms with Crippen molar-refractivity contribution in [2.24, 2.45) is 23.2 Å². The van der Waals surface area contributed by atoms with Gasteiger partial charge in [-0.2, -0.15) is 13.2 Å². The van der Waals surface area contributed by atoms with Crippen molar-refractivity contribution in [3.05, 3.63) is 93.3 Å². The monoisotopic (exact) mass is 1130 g/mol. The average molecular weight is 1140 g/mol. The standard InChI is InChI=1S/C61H71F4N9O6S/c1-36(70-17-19-71(20-18-70)44-14-15-44)7-8-39-27-47(53(66-30-39)38(3)78-6)55-48(29-60(4,5)34-80-35-75)46-28-42(11-16-50(46)73(55)33-61(63,64)65)49-32-81-58(68-49)56(72-21-23-79-24-22-72)54(59(77)74-45-25-40(26-45)31-67-74)69-57(76)52-37(2)51(52)41-9-12-43(62)13-10-41/h9-13,16,27-28,30,32,35-38,40,44-45,51-52,54,67H,14-15,17-26,29,31,33-34H2,1-6H3/p+1/t36-,37+,38+,40?,45?,51+,52-,54?/m1/s1. The van der Waals surface area contributed by atoms with E-state index in [1.54, 1.807) is 35.5 Å². The summed E-state index contributed by atoms with van der Waals surface area (Å²) >= 11 is 1.32. The molecular formula is C61H72F4N9O6S+. The number of alkyl halides is 3. The number of nitrogens with zero attached hydrogens (tertiary/aromatic N) is 7. The molecule has 0 radical (unpaired) electrons. The zero-order valence-electron chi connectivity index (χ0n) is 46.9. The first-order valence-electron chi connectivity index (χ1n) is 28.5. The van der Waals surface area contributed by atoms with Crippen molar-refractivity contribution in [2.45, 2.75) is 116 Å². The number of morpholine rings is 1. The minimum atomic E-state index is -4.65. The maximum Gasteiger partial charge on any atom is 0.406 e. The number of hydrogen-bond acceptors (Lipinski definition) is 12. The topological polar surface area (TPSA) is 146 Å². The van der Waals surface area contributed by atoms with Gasteiger partial charge in [0.1, 0.15) is 25.6 Å². The van der Waals surface area contributed by atoms with Crippen LogP contribution in [0, 0.1) is 40.8 Å². The SMILES string of the molecule is CO[C@@H](C)c1ncc(C#C[C@@H](C)N2CCN(C3CC3)CC2)cc1-c1c(CC(C)(C)COC=O)c2cc(-c3csc(C(C(NC(=O)[C@@H]4[C@@H](C)[C@H]4c4ccc(F)cc4)C(=O)N4NCC5CC4C5)=[N+]4CCOCC4)n3)ccc2n1CC(F)(F)F. The summed E-state index contributed by atoms with van der Waals surface area (Å²) in [6, 6.07) is 12.8. The van der Waals surface area contributed by atoms with Gasteiger partial charge in [0, 0.05) is 102 Å². The maximum atomic E-state index is 15.2. The van der Waals surface area contributed by atoms with Gasteiger partial charge in [-0.05, 0) is 105 Å². The molecule has 4 saturated heterocycles. The Morgan fingerprint density at radius 1 is 1.02 bits per heavy atom. The lowest BCUT2D eigenvalue weighted by Crippen LogP contribution is -2.67. The highest BCUT2D eigenvalue weighted by molar-refractivity contribution is 7.12. The molecule has 2 bridgehead atoms. The summed E-state index contributed by atoms with van der Waals surface area (Å²) in [6.45, 7) is 14.8. The number of hydrazine groups is 1. The molecule has 12 rings (SSSR count). The van der Waals surface area contributed by atoms with Gasteiger partial charge in [-0.15, -0.1) is 11.3 Å². The van der Waals surface area contributed by atoms with Crippen molar-refractivity contribution in [1.82, 2.24) is 40.1 Å². The first kappa shape index (κ1) is 56.8. The van der Waals surface area contributed by atoms with Crippen molar-refractivity contribution < 1.29 is 50.7 Å². The van der Waals surface area contributed by atoms with Crippen LogP contribution in [0.15, 0.2) is 60.1 Å². The molecule has 7 fully saturated rings. The lowest BCUT2D eigenvalue weighted by atomic mass is 9.78. The molecule has 3 aromatic heterocycles. The summed E-state index contributed by atoms with van der Waals surface area (Å²) in [5, 5.41) is 7.80. The Morgan fingerprint density at radius 3 is 2.43 bits per heavy atom. The Morgan fingerprint density at radius 2 is 1.77 bits per heavy atom. The fourth-order valence-corrected chi connectivity index (χ4v) is 13.7. The molecule has 15 nitrogen and oxygen atoms in total. The normalized spacial score (nSPS) is 23.5. The molecule has 20 heteroatoms. The van der Waals surface area contributed by atoms with E-state index in [9.17, 15) is 14.0 Å². The number of nitrogens with one attached hydrogen (secondary N) is 2. The van der Waals surface area contributed by atoms with E-state index in [1.807, 2.05) is 45.2 Å². The molecule has 7 aliphatic rings. The molecule has 430 valence electrons. The number of fused-ring (bicyclic) bond motifs is 3. The Labute approximate surface area is 474 Å². The van der Waals surface area contributed by atoms with Gasteiger partial charge in [0.2, 0.25) is 11.6 Å². The molecule has 2 aromatic carbocycles. The van der Waals surface area contributed by atoms with Crippen LogP contribution >= 0.6 is 11.3 Å². The Balaban J connectivity index is 1.00. The fraction of sp³-hybridized carbons (Fsp3) is 0.541. The molecule has 7 heterocycles. The van der Waals surface area contributed by atoms with Crippen LogP contribution in [-0.2, 0) is 41.6 Å². The number of methoxy groups -OCH3 is 1. The minimum absolute atomic E-state index is 0.00761. The van der Waals surface area contributed by atoms with Crippen LogP contribution in [-0.4, -0.2) is 161 Å². The number of ether oxygens (including phenoxy) is 3. The van der Waals surface area contributed by atoms with E-state index < -0.39 is 36.2 Å². The van der Waals surface area contributed by atoms with Gasteiger partial charge < -0.3 is 24.1 Å². The number of benzene rings is 2. The van der Waals surface area contributed by atoms with Gasteiger partial charge in [-0.25, -0.2) is 19.4 Å². The second-order valence-electron chi connectivity index (χ2n) is 23.8. The Kier molecular flexibility index (Phi) is 16.3. The largest absolute Gasteiger partial charge is 0.467 e. The van der Waals surface area contributed by atoms with Crippen LogP contribution < -0.4 is 10.7 Å². The van der Waals surface area contributed by atoms with Crippen LogP contribution in [0.1, 0.15) is 99.7 Å². The quantitative estimate of drug-likeness (QED) is 0.0381. The summed E-state index contributed by atoms with van der Waals surface area (Å²) in [5.74, 6) is 5.61. The van der Waals surface area contributed by atoms with Crippen LogP contribution in [0.2, 0.25) is 0 Å². The van der Waals surface area contributed by atoms with Gasteiger partial charge >= 0.3 is 6.18 Å². The molecule has 0 spiro atoms. The zero-order chi connectivity index (χ0) is 56.9. The zero-order valence-corrected chi connectivity index (χ0v) is 47.7. The fourth-order valence-electron chi connectivity index (χ4n) is 12.7. The Bertz CT molecular complexity index is 3250. The lowest BCUT2D eigenvalue weighted by Gasteiger charge is -2.49. The number of rotatable bonds is 18. The summed E-state index contributed by atoms with van der Waals surface area (Å²) in [7, 11) is 1.54. The van der Waals surface area contributed by atoms with E-state index in [2.05, 4.69) is 43.9 Å². The van der Waals surface area contributed by atoms with Crippen molar-refractivity contribution in [1.29, 1.82) is 0 Å². The number of piperazine rings is 1. The van der Waals surface area contributed by atoms with Crippen LogP contribution in [0.3, 0.4) is 0 Å². The van der Waals surface area contributed by atoms with Crippen LogP contribution in [0.25, 0.3) is 33.4 Å². The number of carbonyl (C=O) groups is 3. The van der Waals surface area contributed by atoms with E-state index in [0.29, 0.717) is 112 Å². The van der Waals surface area contributed by atoms with Gasteiger partial charge in [0.05, 0.1) is 35.8 Å². The highest BCUT2D eigenvalue weighted by Crippen LogP contribution is 2.54. The van der Waals surface area contributed by atoms with Gasteiger partial charge in [-0.1, -0.05) is 50.8 Å². The molecule has 3 saturated carbocycles. The van der Waals surface area contributed by atoms with Gasteiger partial charge in [0.15, 0.2) is 24.1 Å². The van der Waals surface area contributed by atoms with Crippen molar-refractivity contribution in [3.8, 4) is 34.4 Å². The van der Waals surface area contributed by atoms with E-state index in [0.717, 1.165) is 44.6 Å². The summed E-state index contributed by atoms with van der Waals surface area (Å²) < 4.78 is 80.0. The molecule has 3 aliphatic carbocycles. The summed E-state index contributed by atoms with van der Waals surface area (Å²) in [5.41, 5.74) is 7.71. The molecule has 5 aromatic rings. The number of halogens is 4.